The number of amides is 1. The third-order valence-electron chi connectivity index (χ3n) is 9.14. The Kier molecular flexibility index (Phi) is 9.46. The number of anilines is 1. The molecule has 2 fully saturated rings. The van der Waals surface area contributed by atoms with E-state index in [1.165, 1.54) is 16.7 Å². The summed E-state index contributed by atoms with van der Waals surface area (Å²) in [6, 6.07) is 8.86. The Bertz CT molecular complexity index is 1640. The maximum Gasteiger partial charge on any atom is 0.416 e. The number of pyridine rings is 1. The van der Waals surface area contributed by atoms with Gasteiger partial charge >= 0.3 is 11.9 Å². The number of hydrogen-bond acceptors (Lipinski definition) is 8. The molecule has 2 aromatic heterocycles. The number of rotatable bonds is 8. The molecule has 2 aliphatic heterocycles. The van der Waals surface area contributed by atoms with Crippen molar-refractivity contribution in [3.8, 4) is 6.07 Å². The molecule has 0 aliphatic carbocycles. The summed E-state index contributed by atoms with van der Waals surface area (Å²) in [6.07, 6.45) is -1.63. The Hall–Kier alpha value is -4.02. The van der Waals surface area contributed by atoms with Crippen LogP contribution in [0.5, 0.6) is 0 Å². The number of ether oxygens (including phenoxy) is 1. The zero-order valence-corrected chi connectivity index (χ0v) is 25.9. The van der Waals surface area contributed by atoms with Crippen molar-refractivity contribution >= 4 is 22.8 Å². The van der Waals surface area contributed by atoms with Gasteiger partial charge in [-0.05, 0) is 55.5 Å². The minimum atomic E-state index is -4.50. The van der Waals surface area contributed by atoms with E-state index < -0.39 is 23.5 Å². The quantitative estimate of drug-likeness (QED) is 0.365. The Labute approximate surface area is 260 Å². The highest BCUT2D eigenvalue weighted by atomic mass is 19.4. The van der Waals surface area contributed by atoms with Crippen LogP contribution in [0.15, 0.2) is 41.2 Å². The summed E-state index contributed by atoms with van der Waals surface area (Å²) in [5.74, 6) is 0.223. The lowest BCUT2D eigenvalue weighted by molar-refractivity contribution is -0.140. The number of aromatic nitrogens is 3. The number of fused-ring (bicyclic) bond motifs is 1. The molecule has 3 aromatic rings. The van der Waals surface area contributed by atoms with E-state index in [0.29, 0.717) is 61.5 Å². The van der Waals surface area contributed by atoms with Gasteiger partial charge in [0, 0.05) is 45.9 Å². The van der Waals surface area contributed by atoms with Gasteiger partial charge in [0.25, 0.3) is 0 Å². The maximum absolute atomic E-state index is 14.4. The monoisotopic (exact) mass is 625 g/mol. The number of halogens is 3. The number of piperazine rings is 1. The summed E-state index contributed by atoms with van der Waals surface area (Å²) in [4.78, 5) is 42.3. The number of carbonyl (C=O) groups excluding carboxylic acids is 1. The Morgan fingerprint density at radius 2 is 1.78 bits per heavy atom. The number of nitrogens with zero attached hydrogens (tertiary/aromatic N) is 7. The molecule has 240 valence electrons. The topological polar surface area (TPSA) is 108 Å². The van der Waals surface area contributed by atoms with Crippen LogP contribution in [0, 0.1) is 11.3 Å². The van der Waals surface area contributed by atoms with Gasteiger partial charge in [0.15, 0.2) is 5.82 Å². The molecular formula is C32H38F3N7O3. The van der Waals surface area contributed by atoms with E-state index >= 15 is 0 Å². The number of methoxy groups -OCH3 is 1. The molecule has 45 heavy (non-hydrogen) atoms. The van der Waals surface area contributed by atoms with E-state index in [0.717, 1.165) is 25.0 Å². The van der Waals surface area contributed by atoms with E-state index in [9.17, 15) is 28.0 Å². The second-order valence-corrected chi connectivity index (χ2v) is 11.7. The zero-order valence-electron chi connectivity index (χ0n) is 25.9. The molecule has 0 N–H and O–H groups in total. The van der Waals surface area contributed by atoms with Crippen LogP contribution in [0.4, 0.5) is 19.0 Å². The molecule has 13 heteroatoms. The summed E-state index contributed by atoms with van der Waals surface area (Å²) in [7, 11) is 3.20. The van der Waals surface area contributed by atoms with Crippen molar-refractivity contribution in [3.63, 3.8) is 0 Å². The first kappa shape index (κ1) is 32.4. The second kappa shape index (κ2) is 13.1. The van der Waals surface area contributed by atoms with Crippen molar-refractivity contribution in [2.24, 2.45) is 7.05 Å². The summed E-state index contributed by atoms with van der Waals surface area (Å²) >= 11 is 0. The van der Waals surface area contributed by atoms with Crippen LogP contribution in [0.25, 0.3) is 11.0 Å². The molecule has 5 rings (SSSR count). The lowest BCUT2D eigenvalue weighted by Crippen LogP contribution is -2.61. The van der Waals surface area contributed by atoms with Crippen LogP contribution in [0.1, 0.15) is 62.4 Å². The van der Waals surface area contributed by atoms with Gasteiger partial charge in [0.05, 0.1) is 23.7 Å². The van der Waals surface area contributed by atoms with Crippen molar-refractivity contribution in [1.82, 2.24) is 24.3 Å². The van der Waals surface area contributed by atoms with Crippen LogP contribution in [0.2, 0.25) is 0 Å². The van der Waals surface area contributed by atoms with Gasteiger partial charge in [-0.25, -0.2) is 9.78 Å². The number of aryl methyl sites for hydroxylation is 1. The molecule has 1 aromatic carbocycles. The summed E-state index contributed by atoms with van der Waals surface area (Å²) in [5, 5.41) is 9.53. The van der Waals surface area contributed by atoms with E-state index in [-0.39, 0.29) is 29.7 Å². The molecule has 2 unspecified atom stereocenters. The van der Waals surface area contributed by atoms with E-state index in [2.05, 4.69) is 20.9 Å². The normalized spacial score (nSPS) is 21.7. The fourth-order valence-corrected chi connectivity index (χ4v) is 6.71. The molecule has 0 radical (unpaired) electrons. The molecule has 2 saturated heterocycles. The van der Waals surface area contributed by atoms with Gasteiger partial charge in [-0.2, -0.15) is 23.4 Å². The van der Waals surface area contributed by atoms with Crippen molar-refractivity contribution in [2.45, 2.75) is 69.9 Å². The molecule has 4 atom stereocenters. The maximum atomic E-state index is 14.4. The number of hydrogen-bond donors (Lipinski definition) is 0. The van der Waals surface area contributed by atoms with Crippen molar-refractivity contribution in [1.29, 1.82) is 5.26 Å². The Morgan fingerprint density at radius 3 is 2.40 bits per heavy atom. The fraction of sp³-hybridized carbons (Fsp3) is 0.531. The largest absolute Gasteiger partial charge is 0.416 e. The average molecular weight is 626 g/mol. The number of benzene rings is 1. The number of likely N-dealkylation sites (tertiary alicyclic amines) is 1. The van der Waals surface area contributed by atoms with Gasteiger partial charge in [0.1, 0.15) is 23.3 Å². The van der Waals surface area contributed by atoms with Gasteiger partial charge in [0.2, 0.25) is 5.91 Å². The second-order valence-electron chi connectivity index (χ2n) is 11.7. The van der Waals surface area contributed by atoms with Crippen molar-refractivity contribution in [3.05, 3.63) is 63.7 Å². The first-order valence-electron chi connectivity index (χ1n) is 15.3. The van der Waals surface area contributed by atoms with E-state index in [1.807, 2.05) is 23.6 Å². The molecule has 2 aliphatic rings. The van der Waals surface area contributed by atoms with Crippen molar-refractivity contribution < 1.29 is 22.7 Å². The van der Waals surface area contributed by atoms with Crippen LogP contribution in [0.3, 0.4) is 0 Å². The zero-order chi connectivity index (χ0) is 32.5. The number of carbonyl (C=O) groups is 1. The minimum Gasteiger partial charge on any atom is -0.383 e. The summed E-state index contributed by atoms with van der Waals surface area (Å²) < 4.78 is 47.3. The third kappa shape index (κ3) is 6.26. The first-order chi connectivity index (χ1) is 21.5. The molecule has 4 heterocycles. The lowest BCUT2D eigenvalue weighted by Gasteiger charge is -2.50. The highest BCUT2D eigenvalue weighted by Gasteiger charge is 2.44. The van der Waals surface area contributed by atoms with Crippen LogP contribution in [-0.2, 0) is 22.8 Å². The van der Waals surface area contributed by atoms with Crippen LogP contribution >= 0.6 is 0 Å². The predicted octanol–water partition coefficient (Wildman–Crippen LogP) is 4.28. The molecule has 10 nitrogen and oxygen atoms in total. The Balaban J connectivity index is 1.58. The van der Waals surface area contributed by atoms with Crippen LogP contribution < -0.4 is 10.6 Å². The minimum absolute atomic E-state index is 0.112. The third-order valence-corrected chi connectivity index (χ3v) is 9.14. The number of nitriles is 1. The smallest absolute Gasteiger partial charge is 0.383 e. The molecule has 1 amide bonds. The predicted molar refractivity (Wildman–Crippen MR) is 162 cm³/mol. The SMILES string of the molecule is CC[C@H]1CN(C(C(=O)N2CCCC2COC)c2ccc(C(F)(F)F)cc2)[C@H](CC)CN1c1nc(=O)n(C)c2ccc(C#N)nc12. The molecule has 0 bridgehead atoms. The fourth-order valence-electron chi connectivity index (χ4n) is 6.71. The summed E-state index contributed by atoms with van der Waals surface area (Å²) in [5.41, 5.74) is 0.456. The summed E-state index contributed by atoms with van der Waals surface area (Å²) in [6.45, 7) is 5.73. The Morgan fingerprint density at radius 1 is 1.07 bits per heavy atom. The van der Waals surface area contributed by atoms with Gasteiger partial charge < -0.3 is 14.5 Å². The molecular weight excluding hydrogens is 587 g/mol. The lowest BCUT2D eigenvalue weighted by atomic mass is 9.94. The standard InChI is InChI=1S/C32H38F3N7O3/c1-5-23-18-42(29-27-26(39(3)31(44)38-29)14-13-22(16-36)37-27)24(6-2)17-41(23)28(20-9-11-21(12-10-20)32(33,34)35)30(43)40-15-7-8-25(40)19-45-4/h9-14,23-25,28H,5-8,15,17-19H2,1-4H3/t23-,24+,25?,28?/m1/s1. The first-order valence-corrected chi connectivity index (χ1v) is 15.3. The van der Waals surface area contributed by atoms with Crippen molar-refractivity contribution in [2.75, 3.05) is 38.3 Å². The highest BCUT2D eigenvalue weighted by molar-refractivity contribution is 5.87. The van der Waals surface area contributed by atoms with E-state index in [4.69, 9.17) is 4.74 Å². The van der Waals surface area contributed by atoms with Gasteiger partial charge in [-0.1, -0.05) is 26.0 Å². The molecule has 0 saturated carbocycles. The van der Waals surface area contributed by atoms with Crippen LogP contribution in [-0.4, -0.2) is 81.7 Å². The average Bonchev–Trinajstić information content (AvgIpc) is 3.50. The molecule has 0 spiro atoms. The van der Waals surface area contributed by atoms with E-state index in [1.54, 1.807) is 26.3 Å². The highest BCUT2D eigenvalue weighted by Crippen LogP contribution is 2.37. The van der Waals surface area contributed by atoms with Gasteiger partial charge in [-0.3, -0.25) is 14.3 Å². The van der Waals surface area contributed by atoms with Gasteiger partial charge in [-0.15, -0.1) is 0 Å². The number of alkyl halides is 3.